The second kappa shape index (κ2) is 2.75. The first-order valence-corrected chi connectivity index (χ1v) is 3.76. The van der Waals surface area contributed by atoms with Crippen LogP contribution in [-0.2, 0) is 0 Å². The van der Waals surface area contributed by atoms with Gasteiger partial charge in [0.25, 0.3) is 0 Å². The highest BCUT2D eigenvalue weighted by atomic mass is 15.2. The van der Waals surface area contributed by atoms with Gasteiger partial charge >= 0.3 is 0 Å². The molecule has 0 aliphatic heterocycles. The van der Waals surface area contributed by atoms with Gasteiger partial charge in [-0.3, -0.25) is 0 Å². The molecular weight excluding hydrogens is 166 g/mol. The van der Waals surface area contributed by atoms with Gasteiger partial charge in [-0.15, -0.1) is 0 Å². The lowest BCUT2D eigenvalue weighted by Gasteiger charge is -1.99. The van der Waals surface area contributed by atoms with Crippen LogP contribution in [0.5, 0.6) is 0 Å². The lowest BCUT2D eigenvalue weighted by Crippen LogP contribution is -1.98. The van der Waals surface area contributed by atoms with Crippen LogP contribution in [0.2, 0.25) is 0 Å². The van der Waals surface area contributed by atoms with Crippen molar-refractivity contribution in [2.75, 3.05) is 12.4 Å². The molecule has 0 radical (unpaired) electrons. The summed E-state index contributed by atoms with van der Waals surface area (Å²) in [6, 6.07) is 3.79. The molecule has 0 saturated carbocycles. The van der Waals surface area contributed by atoms with Crippen molar-refractivity contribution in [3.05, 3.63) is 24.2 Å². The van der Waals surface area contributed by atoms with Crippen molar-refractivity contribution in [1.82, 2.24) is 14.6 Å². The molecule has 0 atom stereocenters. The summed E-state index contributed by atoms with van der Waals surface area (Å²) >= 11 is 0. The predicted molar refractivity (Wildman–Crippen MR) is 47.2 cm³/mol. The fourth-order valence-electron chi connectivity index (χ4n) is 1.18. The zero-order valence-electron chi connectivity index (χ0n) is 7.02. The number of anilines is 1. The third kappa shape index (κ3) is 1.08. The molecule has 0 fully saturated rings. The molecule has 0 amide bonds. The van der Waals surface area contributed by atoms with Gasteiger partial charge in [0.2, 0.25) is 0 Å². The number of hydrogen-bond donors (Lipinski definition) is 1. The maximum atomic E-state index is 8.67. The molecule has 1 N–H and O–H groups in total. The second-order valence-corrected chi connectivity index (χ2v) is 2.53. The molecule has 0 unspecified atom stereocenters. The molecule has 0 spiro atoms. The molecule has 0 aliphatic rings. The van der Waals surface area contributed by atoms with Crippen molar-refractivity contribution in [3.8, 4) is 6.07 Å². The van der Waals surface area contributed by atoms with Gasteiger partial charge in [0, 0.05) is 13.2 Å². The minimum Gasteiger partial charge on any atom is -0.371 e. The van der Waals surface area contributed by atoms with Crippen molar-refractivity contribution in [2.24, 2.45) is 0 Å². The molecule has 0 aliphatic carbocycles. The quantitative estimate of drug-likeness (QED) is 0.687. The minimum absolute atomic E-state index is 0.581. The summed E-state index contributed by atoms with van der Waals surface area (Å²) in [7, 11) is 1.78. The van der Waals surface area contributed by atoms with Gasteiger partial charge in [-0.1, -0.05) is 0 Å². The van der Waals surface area contributed by atoms with Crippen LogP contribution in [0.3, 0.4) is 0 Å². The van der Waals surface area contributed by atoms with E-state index in [2.05, 4.69) is 21.5 Å². The molecule has 2 aromatic heterocycles. The Hall–Kier alpha value is -2.09. The summed E-state index contributed by atoms with van der Waals surface area (Å²) < 4.78 is 1.62. The molecule has 5 heteroatoms. The smallest absolute Gasteiger partial charge is 0.153 e. The van der Waals surface area contributed by atoms with Crippen LogP contribution < -0.4 is 5.32 Å². The van der Waals surface area contributed by atoms with Gasteiger partial charge in [-0.2, -0.15) is 10.4 Å². The molecule has 2 aromatic rings. The zero-order chi connectivity index (χ0) is 9.26. The third-order valence-electron chi connectivity index (χ3n) is 1.77. The fraction of sp³-hybridized carbons (Fsp3) is 0.125. The van der Waals surface area contributed by atoms with Crippen molar-refractivity contribution < 1.29 is 0 Å². The maximum Gasteiger partial charge on any atom is 0.153 e. The molecular formula is C8H7N5. The molecule has 0 aromatic carbocycles. The van der Waals surface area contributed by atoms with Crippen LogP contribution in [-0.4, -0.2) is 21.6 Å². The van der Waals surface area contributed by atoms with Crippen LogP contribution in [0.1, 0.15) is 5.56 Å². The summed E-state index contributed by atoms with van der Waals surface area (Å²) in [6.45, 7) is 0. The number of hydrogen-bond acceptors (Lipinski definition) is 4. The van der Waals surface area contributed by atoms with Crippen LogP contribution in [0.15, 0.2) is 18.6 Å². The first kappa shape index (κ1) is 7.55. The molecule has 2 heterocycles. The van der Waals surface area contributed by atoms with Crippen molar-refractivity contribution in [3.63, 3.8) is 0 Å². The Morgan fingerprint density at radius 2 is 2.46 bits per heavy atom. The van der Waals surface area contributed by atoms with E-state index >= 15 is 0 Å². The normalized spacial score (nSPS) is 9.85. The highest BCUT2D eigenvalue weighted by Crippen LogP contribution is 2.14. The van der Waals surface area contributed by atoms with E-state index in [4.69, 9.17) is 5.26 Å². The van der Waals surface area contributed by atoms with Gasteiger partial charge in [0.05, 0.1) is 5.56 Å². The first-order valence-electron chi connectivity index (χ1n) is 3.76. The van der Waals surface area contributed by atoms with E-state index in [1.807, 2.05) is 0 Å². The molecule has 0 bridgehead atoms. The number of nitriles is 1. The van der Waals surface area contributed by atoms with E-state index in [1.54, 1.807) is 23.8 Å². The molecule has 2 rings (SSSR count). The summed E-state index contributed by atoms with van der Waals surface area (Å²) in [6.07, 6.45) is 3.11. The number of fused-ring (bicyclic) bond motifs is 1. The van der Waals surface area contributed by atoms with Gasteiger partial charge in [-0.05, 0) is 6.07 Å². The predicted octanol–water partition coefficient (Wildman–Crippen LogP) is 0.643. The van der Waals surface area contributed by atoms with E-state index in [-0.39, 0.29) is 0 Å². The van der Waals surface area contributed by atoms with Gasteiger partial charge < -0.3 is 5.32 Å². The highest BCUT2D eigenvalue weighted by Gasteiger charge is 2.03. The molecule has 13 heavy (non-hydrogen) atoms. The summed E-state index contributed by atoms with van der Waals surface area (Å²) in [4.78, 5) is 4.02. The summed E-state index contributed by atoms with van der Waals surface area (Å²) in [5.74, 6) is 0.719. The van der Waals surface area contributed by atoms with Crippen LogP contribution in [0.4, 0.5) is 5.82 Å². The topological polar surface area (TPSA) is 66.0 Å². The second-order valence-electron chi connectivity index (χ2n) is 2.53. The fourth-order valence-corrected chi connectivity index (χ4v) is 1.18. The van der Waals surface area contributed by atoms with Crippen molar-refractivity contribution in [1.29, 1.82) is 5.26 Å². The highest BCUT2D eigenvalue weighted by molar-refractivity contribution is 5.69. The average Bonchev–Trinajstić information content (AvgIpc) is 2.59. The van der Waals surface area contributed by atoms with E-state index in [1.165, 1.54) is 6.33 Å². The molecule has 5 nitrogen and oxygen atoms in total. The Morgan fingerprint density at radius 1 is 1.62 bits per heavy atom. The number of aromatic nitrogens is 3. The SMILES string of the molecule is CNc1ncnn2cc(C#N)cc12. The van der Waals surface area contributed by atoms with E-state index < -0.39 is 0 Å². The van der Waals surface area contributed by atoms with E-state index in [0.29, 0.717) is 5.56 Å². The minimum atomic E-state index is 0.581. The van der Waals surface area contributed by atoms with Crippen LogP contribution in [0.25, 0.3) is 5.52 Å². The lowest BCUT2D eigenvalue weighted by molar-refractivity contribution is 0.904. The molecule has 64 valence electrons. The van der Waals surface area contributed by atoms with Crippen molar-refractivity contribution in [2.45, 2.75) is 0 Å². The maximum absolute atomic E-state index is 8.67. The van der Waals surface area contributed by atoms with Crippen LogP contribution >= 0.6 is 0 Å². The van der Waals surface area contributed by atoms with E-state index in [9.17, 15) is 0 Å². The summed E-state index contributed by atoms with van der Waals surface area (Å²) in [5.41, 5.74) is 1.39. The first-order chi connectivity index (χ1) is 6.35. The van der Waals surface area contributed by atoms with Gasteiger partial charge in [0.15, 0.2) is 5.82 Å². The Labute approximate surface area is 74.6 Å². The Balaban J connectivity index is 2.76. The third-order valence-corrected chi connectivity index (χ3v) is 1.77. The number of nitrogens with one attached hydrogen (secondary N) is 1. The van der Waals surface area contributed by atoms with Gasteiger partial charge in [0.1, 0.15) is 17.9 Å². The van der Waals surface area contributed by atoms with Gasteiger partial charge in [-0.25, -0.2) is 9.50 Å². The Morgan fingerprint density at radius 3 is 3.15 bits per heavy atom. The Bertz CT molecular complexity index is 479. The van der Waals surface area contributed by atoms with Crippen molar-refractivity contribution >= 4 is 11.3 Å². The Kier molecular flexibility index (Phi) is 1.60. The molecule has 0 saturated heterocycles. The monoisotopic (exact) mass is 173 g/mol. The largest absolute Gasteiger partial charge is 0.371 e. The van der Waals surface area contributed by atoms with E-state index in [0.717, 1.165) is 11.3 Å². The number of rotatable bonds is 1. The average molecular weight is 173 g/mol. The summed E-state index contributed by atoms with van der Waals surface area (Å²) in [5, 5.41) is 15.6. The van der Waals surface area contributed by atoms with Crippen LogP contribution in [0, 0.1) is 11.3 Å². The number of nitrogens with zero attached hydrogens (tertiary/aromatic N) is 4. The zero-order valence-corrected chi connectivity index (χ0v) is 7.02. The standard InChI is InChI=1S/C8H7N5/c1-10-8-7-2-6(3-9)4-13(7)12-5-11-8/h2,4-5H,1H3,(H,10,11,12). The lowest BCUT2D eigenvalue weighted by atomic mass is 10.3.